The highest BCUT2D eigenvalue weighted by atomic mass is 14.9. The van der Waals surface area contributed by atoms with Crippen molar-refractivity contribution in [3.8, 4) is 0 Å². The van der Waals surface area contributed by atoms with Gasteiger partial charge in [0.05, 0.1) is 0 Å². The molecule has 1 saturated carbocycles. The van der Waals surface area contributed by atoms with Crippen LogP contribution in [0.1, 0.15) is 57.4 Å². The first-order valence-electron chi connectivity index (χ1n) is 8.01. The molecule has 1 atom stereocenters. The first-order valence-corrected chi connectivity index (χ1v) is 8.01. The third kappa shape index (κ3) is 4.99. The molecule has 0 heterocycles. The molecule has 1 aliphatic rings. The zero-order chi connectivity index (χ0) is 13.5. The summed E-state index contributed by atoms with van der Waals surface area (Å²) in [5.74, 6) is 2.40. The molecule has 0 radical (unpaired) electrons. The zero-order valence-corrected chi connectivity index (χ0v) is 12.6. The standard InChI is InChI=1S/C18H29N/c1-15(2)13-19-14-18(12-16-8-6-7-9-16)17-10-4-3-5-11-17/h3-5,10-11,15-16,18-19H,6-9,12-14H2,1-2H3. The molecule has 0 amide bonds. The highest BCUT2D eigenvalue weighted by Crippen LogP contribution is 2.33. The van der Waals surface area contributed by atoms with Crippen LogP contribution >= 0.6 is 0 Å². The molecule has 0 bridgehead atoms. The van der Waals surface area contributed by atoms with E-state index in [0.717, 1.165) is 24.9 Å². The van der Waals surface area contributed by atoms with Crippen LogP contribution in [0.2, 0.25) is 0 Å². The molecule has 2 rings (SSSR count). The minimum absolute atomic E-state index is 0.697. The number of hydrogen-bond donors (Lipinski definition) is 1. The van der Waals surface area contributed by atoms with Crippen molar-refractivity contribution >= 4 is 0 Å². The van der Waals surface area contributed by atoms with Gasteiger partial charge in [-0.1, -0.05) is 69.9 Å². The lowest BCUT2D eigenvalue weighted by molar-refractivity contribution is 0.418. The average Bonchev–Trinajstić information content (AvgIpc) is 2.91. The molecule has 1 aromatic carbocycles. The molecule has 0 aliphatic heterocycles. The molecular formula is C18H29N. The van der Waals surface area contributed by atoms with Crippen molar-refractivity contribution in [2.75, 3.05) is 13.1 Å². The molecule has 1 heteroatoms. The molecule has 19 heavy (non-hydrogen) atoms. The summed E-state index contributed by atoms with van der Waals surface area (Å²) in [6, 6.07) is 11.1. The Hall–Kier alpha value is -0.820. The Morgan fingerprint density at radius 2 is 1.74 bits per heavy atom. The molecular weight excluding hydrogens is 230 g/mol. The maximum atomic E-state index is 3.66. The van der Waals surface area contributed by atoms with E-state index in [0.29, 0.717) is 5.92 Å². The van der Waals surface area contributed by atoms with Gasteiger partial charge in [0.1, 0.15) is 0 Å². The van der Waals surface area contributed by atoms with Crippen molar-refractivity contribution < 1.29 is 0 Å². The van der Waals surface area contributed by atoms with Crippen LogP contribution < -0.4 is 5.32 Å². The van der Waals surface area contributed by atoms with Crippen molar-refractivity contribution in [3.63, 3.8) is 0 Å². The van der Waals surface area contributed by atoms with Crippen LogP contribution in [-0.4, -0.2) is 13.1 Å². The molecule has 1 N–H and O–H groups in total. The number of benzene rings is 1. The second-order valence-corrected chi connectivity index (χ2v) is 6.55. The van der Waals surface area contributed by atoms with Gasteiger partial charge in [-0.05, 0) is 36.3 Å². The van der Waals surface area contributed by atoms with Gasteiger partial charge in [0.2, 0.25) is 0 Å². The summed E-state index contributed by atoms with van der Waals surface area (Å²) in [6.07, 6.45) is 7.17. The van der Waals surface area contributed by atoms with Gasteiger partial charge in [0.25, 0.3) is 0 Å². The van der Waals surface area contributed by atoms with Gasteiger partial charge >= 0.3 is 0 Å². The minimum atomic E-state index is 0.697. The van der Waals surface area contributed by atoms with Crippen LogP contribution in [-0.2, 0) is 0 Å². The van der Waals surface area contributed by atoms with Gasteiger partial charge in [-0.15, -0.1) is 0 Å². The fourth-order valence-electron chi connectivity index (χ4n) is 3.26. The first-order chi connectivity index (χ1) is 9.25. The largest absolute Gasteiger partial charge is 0.316 e. The van der Waals surface area contributed by atoms with Crippen molar-refractivity contribution in [1.29, 1.82) is 0 Å². The maximum Gasteiger partial charge on any atom is 0.00203 e. The summed E-state index contributed by atoms with van der Waals surface area (Å²) in [6.45, 7) is 6.83. The number of hydrogen-bond acceptors (Lipinski definition) is 1. The van der Waals surface area contributed by atoms with Crippen LogP contribution in [0.3, 0.4) is 0 Å². The van der Waals surface area contributed by atoms with E-state index < -0.39 is 0 Å². The Bertz CT molecular complexity index is 338. The second kappa shape index (κ2) is 7.69. The summed E-state index contributed by atoms with van der Waals surface area (Å²) < 4.78 is 0. The Morgan fingerprint density at radius 3 is 2.37 bits per heavy atom. The molecule has 0 aromatic heterocycles. The minimum Gasteiger partial charge on any atom is -0.316 e. The topological polar surface area (TPSA) is 12.0 Å². The van der Waals surface area contributed by atoms with Crippen LogP contribution in [0.5, 0.6) is 0 Å². The average molecular weight is 259 g/mol. The third-order valence-electron chi connectivity index (χ3n) is 4.31. The van der Waals surface area contributed by atoms with Gasteiger partial charge in [0, 0.05) is 6.54 Å². The lowest BCUT2D eigenvalue weighted by atomic mass is 9.88. The lowest BCUT2D eigenvalue weighted by Gasteiger charge is -2.22. The van der Waals surface area contributed by atoms with Gasteiger partial charge in [-0.2, -0.15) is 0 Å². The fraction of sp³-hybridized carbons (Fsp3) is 0.667. The van der Waals surface area contributed by atoms with E-state index in [-0.39, 0.29) is 0 Å². The summed E-state index contributed by atoms with van der Waals surface area (Å²) in [4.78, 5) is 0. The summed E-state index contributed by atoms with van der Waals surface area (Å²) in [5.41, 5.74) is 1.52. The predicted molar refractivity (Wildman–Crippen MR) is 83.5 cm³/mol. The van der Waals surface area contributed by atoms with Crippen LogP contribution in [0.25, 0.3) is 0 Å². The molecule has 1 fully saturated rings. The van der Waals surface area contributed by atoms with E-state index in [9.17, 15) is 0 Å². The Labute approximate surface area is 118 Å². The molecule has 0 spiro atoms. The quantitative estimate of drug-likeness (QED) is 0.755. The van der Waals surface area contributed by atoms with E-state index in [1.807, 2.05) is 0 Å². The Balaban J connectivity index is 1.92. The SMILES string of the molecule is CC(C)CNCC(CC1CCCC1)c1ccccc1. The van der Waals surface area contributed by atoms with Gasteiger partial charge in [0.15, 0.2) is 0 Å². The van der Waals surface area contributed by atoms with Gasteiger partial charge in [-0.3, -0.25) is 0 Å². The van der Waals surface area contributed by atoms with Crippen molar-refractivity contribution in [2.24, 2.45) is 11.8 Å². The fourth-order valence-corrected chi connectivity index (χ4v) is 3.26. The van der Waals surface area contributed by atoms with E-state index in [1.54, 1.807) is 0 Å². The smallest absolute Gasteiger partial charge is 0.00203 e. The van der Waals surface area contributed by atoms with Crippen molar-refractivity contribution in [2.45, 2.75) is 51.9 Å². The predicted octanol–water partition coefficient (Wildman–Crippen LogP) is 4.60. The number of nitrogens with one attached hydrogen (secondary N) is 1. The van der Waals surface area contributed by atoms with Crippen molar-refractivity contribution in [3.05, 3.63) is 35.9 Å². The molecule has 0 saturated heterocycles. The highest BCUT2D eigenvalue weighted by Gasteiger charge is 2.21. The molecule has 1 unspecified atom stereocenters. The lowest BCUT2D eigenvalue weighted by Crippen LogP contribution is -2.26. The van der Waals surface area contributed by atoms with E-state index in [1.165, 1.54) is 37.7 Å². The third-order valence-corrected chi connectivity index (χ3v) is 4.31. The van der Waals surface area contributed by atoms with Gasteiger partial charge < -0.3 is 5.32 Å². The van der Waals surface area contributed by atoms with E-state index >= 15 is 0 Å². The van der Waals surface area contributed by atoms with Crippen LogP contribution in [0.4, 0.5) is 0 Å². The Kier molecular flexibility index (Phi) is 5.91. The highest BCUT2D eigenvalue weighted by molar-refractivity contribution is 5.20. The van der Waals surface area contributed by atoms with E-state index in [4.69, 9.17) is 0 Å². The summed E-state index contributed by atoms with van der Waals surface area (Å²) in [5, 5.41) is 3.66. The van der Waals surface area contributed by atoms with Gasteiger partial charge in [-0.25, -0.2) is 0 Å². The zero-order valence-electron chi connectivity index (χ0n) is 12.6. The number of rotatable bonds is 7. The monoisotopic (exact) mass is 259 g/mol. The molecule has 1 aliphatic carbocycles. The summed E-state index contributed by atoms with van der Waals surface area (Å²) in [7, 11) is 0. The molecule has 106 valence electrons. The molecule has 1 aromatic rings. The summed E-state index contributed by atoms with van der Waals surface area (Å²) >= 11 is 0. The van der Waals surface area contributed by atoms with Crippen LogP contribution in [0, 0.1) is 11.8 Å². The normalized spacial score (nSPS) is 18.1. The Morgan fingerprint density at radius 1 is 1.05 bits per heavy atom. The van der Waals surface area contributed by atoms with Crippen LogP contribution in [0.15, 0.2) is 30.3 Å². The van der Waals surface area contributed by atoms with Crippen molar-refractivity contribution in [1.82, 2.24) is 5.32 Å². The maximum absolute atomic E-state index is 3.66. The second-order valence-electron chi connectivity index (χ2n) is 6.55. The first kappa shape index (κ1) is 14.6. The van der Waals surface area contributed by atoms with E-state index in [2.05, 4.69) is 49.5 Å². The molecule has 1 nitrogen and oxygen atoms in total.